The van der Waals surface area contributed by atoms with E-state index in [1.165, 1.54) is 0 Å². The number of allylic oxidation sites excluding steroid dienone is 1. The molecule has 2 nitrogen and oxygen atoms in total. The SMILES string of the molecule is C1=CSCC=N1.C1=CSCN=C1. The molecule has 0 spiro atoms. The molecule has 12 heavy (non-hydrogen) atoms. The molecule has 0 aromatic carbocycles. The van der Waals surface area contributed by atoms with Gasteiger partial charge >= 0.3 is 0 Å². The number of rotatable bonds is 0. The number of aliphatic imine (C=N–C) groups is 2. The van der Waals surface area contributed by atoms with E-state index in [9.17, 15) is 0 Å². The molecule has 2 heterocycles. The van der Waals surface area contributed by atoms with Gasteiger partial charge in [0.15, 0.2) is 0 Å². The van der Waals surface area contributed by atoms with Gasteiger partial charge in [0.1, 0.15) is 0 Å². The lowest BCUT2D eigenvalue weighted by atomic mass is 10.7. The maximum atomic E-state index is 3.93. The fraction of sp³-hybridized carbons (Fsp3) is 0.250. The fourth-order valence-electron chi connectivity index (χ4n) is 0.561. The Kier molecular flexibility index (Phi) is 5.75. The largest absolute Gasteiger partial charge is 0.282 e. The van der Waals surface area contributed by atoms with E-state index in [1.807, 2.05) is 29.3 Å². The van der Waals surface area contributed by atoms with Crippen LogP contribution in [0.2, 0.25) is 0 Å². The zero-order valence-electron chi connectivity index (χ0n) is 6.59. The number of thioether (sulfide) groups is 2. The molecule has 0 amide bonds. The van der Waals surface area contributed by atoms with Crippen LogP contribution in [-0.4, -0.2) is 24.1 Å². The summed E-state index contributed by atoms with van der Waals surface area (Å²) in [5.74, 6) is 1.94. The minimum atomic E-state index is 0.899. The van der Waals surface area contributed by atoms with E-state index in [-0.39, 0.29) is 0 Å². The highest BCUT2D eigenvalue weighted by Crippen LogP contribution is 2.03. The Morgan fingerprint density at radius 3 is 2.33 bits per heavy atom. The van der Waals surface area contributed by atoms with Gasteiger partial charge in [-0.3, -0.25) is 9.98 Å². The third-order valence-electron chi connectivity index (χ3n) is 1.03. The van der Waals surface area contributed by atoms with Crippen molar-refractivity contribution in [3.63, 3.8) is 0 Å². The second-order valence-corrected chi connectivity index (χ2v) is 3.71. The molecule has 0 unspecified atom stereocenters. The van der Waals surface area contributed by atoms with Gasteiger partial charge in [-0.15, -0.1) is 23.5 Å². The molecule has 4 heteroatoms. The molecule has 0 aromatic heterocycles. The summed E-state index contributed by atoms with van der Waals surface area (Å²) < 4.78 is 0. The number of nitrogens with zero attached hydrogens (tertiary/aromatic N) is 2. The van der Waals surface area contributed by atoms with Crippen LogP contribution in [0.4, 0.5) is 0 Å². The Morgan fingerprint density at radius 1 is 1.17 bits per heavy atom. The number of hydrogen-bond donors (Lipinski definition) is 0. The molecule has 0 atom stereocenters. The average molecular weight is 198 g/mol. The molecule has 2 aliphatic heterocycles. The van der Waals surface area contributed by atoms with E-state index in [1.54, 1.807) is 29.7 Å². The van der Waals surface area contributed by atoms with Crippen molar-refractivity contribution in [1.29, 1.82) is 0 Å². The topological polar surface area (TPSA) is 24.7 Å². The highest BCUT2D eigenvalue weighted by atomic mass is 32.2. The first-order chi connectivity index (χ1) is 6.00. The van der Waals surface area contributed by atoms with Gasteiger partial charge in [-0.2, -0.15) is 0 Å². The van der Waals surface area contributed by atoms with Crippen LogP contribution in [0.1, 0.15) is 0 Å². The molecule has 0 fully saturated rings. The molecule has 0 aromatic rings. The first-order valence-electron chi connectivity index (χ1n) is 3.55. The van der Waals surface area contributed by atoms with Crippen molar-refractivity contribution in [3.8, 4) is 0 Å². The minimum Gasteiger partial charge on any atom is -0.282 e. The van der Waals surface area contributed by atoms with Crippen molar-refractivity contribution in [2.24, 2.45) is 9.98 Å². The molecule has 0 saturated heterocycles. The van der Waals surface area contributed by atoms with Crippen LogP contribution in [0.5, 0.6) is 0 Å². The van der Waals surface area contributed by atoms with E-state index in [0.29, 0.717) is 0 Å². The summed E-state index contributed by atoms with van der Waals surface area (Å²) in [4.78, 5) is 7.78. The Bertz CT molecular complexity index is 171. The van der Waals surface area contributed by atoms with E-state index >= 15 is 0 Å². The van der Waals surface area contributed by atoms with Crippen LogP contribution in [0, 0.1) is 0 Å². The molecule has 2 aliphatic rings. The smallest absolute Gasteiger partial charge is 0.0884 e. The summed E-state index contributed by atoms with van der Waals surface area (Å²) in [5.41, 5.74) is 0. The summed E-state index contributed by atoms with van der Waals surface area (Å²) in [6, 6.07) is 0. The lowest BCUT2D eigenvalue weighted by Gasteiger charge is -1.88. The minimum absolute atomic E-state index is 0.899. The Hall–Kier alpha value is -0.480. The lowest BCUT2D eigenvalue weighted by molar-refractivity contribution is 1.40. The second kappa shape index (κ2) is 7.18. The van der Waals surface area contributed by atoms with E-state index in [4.69, 9.17) is 0 Å². The molecule has 64 valence electrons. The normalized spacial score (nSPS) is 18.7. The molecular formula is C8H10N2S2. The van der Waals surface area contributed by atoms with Gasteiger partial charge in [0.2, 0.25) is 0 Å². The third-order valence-corrected chi connectivity index (χ3v) is 2.34. The first-order valence-corrected chi connectivity index (χ1v) is 5.65. The zero-order valence-corrected chi connectivity index (χ0v) is 8.22. The highest BCUT2D eigenvalue weighted by Gasteiger charge is 1.79. The molecule has 0 radical (unpaired) electrons. The van der Waals surface area contributed by atoms with Gasteiger partial charge in [-0.25, -0.2) is 0 Å². The van der Waals surface area contributed by atoms with Crippen molar-refractivity contribution < 1.29 is 0 Å². The molecular weight excluding hydrogens is 188 g/mol. The summed E-state index contributed by atoms with van der Waals surface area (Å²) >= 11 is 3.48. The van der Waals surface area contributed by atoms with E-state index in [2.05, 4.69) is 9.98 Å². The second-order valence-electron chi connectivity index (χ2n) is 1.91. The van der Waals surface area contributed by atoms with Crippen molar-refractivity contribution in [2.75, 3.05) is 11.6 Å². The highest BCUT2D eigenvalue weighted by molar-refractivity contribution is 8.02. The van der Waals surface area contributed by atoms with Crippen molar-refractivity contribution >= 4 is 36.0 Å². The third kappa shape index (κ3) is 5.21. The maximum absolute atomic E-state index is 3.93. The zero-order chi connectivity index (χ0) is 8.49. The van der Waals surface area contributed by atoms with Crippen molar-refractivity contribution in [1.82, 2.24) is 0 Å². The summed E-state index contributed by atoms with van der Waals surface area (Å²) in [6.07, 6.45) is 7.45. The van der Waals surface area contributed by atoms with Crippen LogP contribution in [0.15, 0.2) is 33.1 Å². The molecule has 2 rings (SSSR count). The maximum Gasteiger partial charge on any atom is 0.0884 e. The summed E-state index contributed by atoms with van der Waals surface area (Å²) in [7, 11) is 0. The summed E-state index contributed by atoms with van der Waals surface area (Å²) in [5, 5.41) is 4.02. The van der Waals surface area contributed by atoms with Crippen molar-refractivity contribution in [3.05, 3.63) is 23.1 Å². The lowest BCUT2D eigenvalue weighted by Crippen LogP contribution is -1.77. The van der Waals surface area contributed by atoms with Crippen LogP contribution < -0.4 is 0 Å². The first kappa shape index (κ1) is 9.61. The summed E-state index contributed by atoms with van der Waals surface area (Å²) in [6.45, 7) is 0. The van der Waals surface area contributed by atoms with Crippen LogP contribution in [-0.2, 0) is 0 Å². The van der Waals surface area contributed by atoms with Gasteiger partial charge in [-0.05, 0) is 16.9 Å². The van der Waals surface area contributed by atoms with Gasteiger partial charge in [0.25, 0.3) is 0 Å². The van der Waals surface area contributed by atoms with Gasteiger partial charge in [0, 0.05) is 24.4 Å². The fourth-order valence-corrected chi connectivity index (χ4v) is 1.44. The van der Waals surface area contributed by atoms with E-state index in [0.717, 1.165) is 11.6 Å². The monoisotopic (exact) mass is 198 g/mol. The van der Waals surface area contributed by atoms with Crippen LogP contribution >= 0.6 is 23.5 Å². The van der Waals surface area contributed by atoms with Gasteiger partial charge < -0.3 is 0 Å². The number of hydrogen-bond acceptors (Lipinski definition) is 4. The van der Waals surface area contributed by atoms with Crippen molar-refractivity contribution in [2.45, 2.75) is 0 Å². The van der Waals surface area contributed by atoms with Gasteiger partial charge in [0.05, 0.1) is 5.88 Å². The molecule has 0 N–H and O–H groups in total. The standard InChI is InChI=1S/2C4H5NS/c1-3-6-4-2-5-1;1-2-5-4-6-3-1/h2*1-3H,4H2. The quantitative estimate of drug-likeness (QED) is 0.597. The molecule has 0 saturated carbocycles. The Balaban J connectivity index is 0.000000120. The molecule has 0 bridgehead atoms. The molecule has 0 aliphatic carbocycles. The Morgan fingerprint density at radius 2 is 2.17 bits per heavy atom. The predicted molar refractivity (Wildman–Crippen MR) is 60.2 cm³/mol. The van der Waals surface area contributed by atoms with Crippen LogP contribution in [0.3, 0.4) is 0 Å². The van der Waals surface area contributed by atoms with E-state index < -0.39 is 0 Å². The Labute approximate surface area is 80.9 Å². The predicted octanol–water partition coefficient (Wildman–Crippen LogP) is 2.55. The van der Waals surface area contributed by atoms with Gasteiger partial charge in [-0.1, -0.05) is 0 Å². The van der Waals surface area contributed by atoms with Crippen LogP contribution in [0.25, 0.3) is 0 Å². The average Bonchev–Trinajstić information content (AvgIpc) is 2.24.